The van der Waals surface area contributed by atoms with E-state index in [2.05, 4.69) is 20.8 Å². The highest BCUT2D eigenvalue weighted by Crippen LogP contribution is 2.31. The van der Waals surface area contributed by atoms with Crippen LogP contribution in [-0.4, -0.2) is 63.9 Å². The lowest BCUT2D eigenvalue weighted by molar-refractivity contribution is -0.127. The number of methoxy groups -OCH3 is 2. The Morgan fingerprint density at radius 1 is 1.07 bits per heavy atom. The Morgan fingerprint density at radius 2 is 1.68 bits per heavy atom. The summed E-state index contributed by atoms with van der Waals surface area (Å²) in [5, 5.41) is 0. The van der Waals surface area contributed by atoms with Crippen LogP contribution in [-0.2, 0) is 14.8 Å². The van der Waals surface area contributed by atoms with Gasteiger partial charge in [-0.05, 0) is 24.5 Å². The van der Waals surface area contributed by atoms with Crippen LogP contribution >= 0.6 is 0 Å². The Hall–Kier alpha value is -2.06. The fourth-order valence-corrected chi connectivity index (χ4v) is 4.36. The van der Waals surface area contributed by atoms with E-state index in [1.165, 1.54) is 24.6 Å². The lowest BCUT2D eigenvalue weighted by Gasteiger charge is -2.34. The summed E-state index contributed by atoms with van der Waals surface area (Å²) in [5.74, 6) is 0.627. The summed E-state index contributed by atoms with van der Waals surface area (Å²) in [6.07, 6.45) is 1.65. The molecule has 7 nitrogen and oxygen atoms in total. The van der Waals surface area contributed by atoms with E-state index in [0.717, 1.165) is 5.57 Å². The van der Waals surface area contributed by atoms with Crippen LogP contribution in [0.3, 0.4) is 0 Å². The fourth-order valence-electron chi connectivity index (χ4n) is 2.77. The third-order valence-electron chi connectivity index (χ3n) is 5.06. The van der Waals surface area contributed by atoms with Crippen LogP contribution in [0.25, 0.3) is 0 Å². The molecule has 0 spiro atoms. The topological polar surface area (TPSA) is 76.2 Å². The highest BCUT2D eigenvalue weighted by atomic mass is 32.2. The van der Waals surface area contributed by atoms with Crippen molar-refractivity contribution in [3.63, 3.8) is 0 Å². The number of carbonyl (C=O) groups is 1. The maximum atomic E-state index is 13.1. The van der Waals surface area contributed by atoms with E-state index in [0.29, 0.717) is 18.8 Å². The van der Waals surface area contributed by atoms with Gasteiger partial charge in [0.15, 0.2) is 0 Å². The van der Waals surface area contributed by atoms with Gasteiger partial charge in [0.2, 0.25) is 15.9 Å². The molecule has 1 aliphatic heterocycles. The summed E-state index contributed by atoms with van der Waals surface area (Å²) in [5.41, 5.74) is 0.915. The molecule has 156 valence electrons. The van der Waals surface area contributed by atoms with Gasteiger partial charge < -0.3 is 14.4 Å². The minimum Gasteiger partial charge on any atom is -0.497 e. The minimum absolute atomic E-state index is 0.0672. The van der Waals surface area contributed by atoms with Gasteiger partial charge in [0, 0.05) is 38.3 Å². The van der Waals surface area contributed by atoms with Crippen LogP contribution in [0.5, 0.6) is 11.5 Å². The maximum absolute atomic E-state index is 13.1. The third kappa shape index (κ3) is 4.86. The summed E-state index contributed by atoms with van der Waals surface area (Å²) in [6, 6.07) is 4.69. The highest BCUT2D eigenvalue weighted by molar-refractivity contribution is 7.89. The van der Waals surface area contributed by atoms with E-state index in [1.807, 2.05) is 6.92 Å². The molecule has 0 unspecified atom stereocenters. The predicted octanol–water partition coefficient (Wildman–Crippen LogP) is 2.53. The van der Waals surface area contributed by atoms with Crippen molar-refractivity contribution in [3.8, 4) is 11.5 Å². The van der Waals surface area contributed by atoms with Crippen LogP contribution < -0.4 is 9.47 Å². The lowest BCUT2D eigenvalue weighted by Crippen LogP contribution is -2.50. The van der Waals surface area contributed by atoms with Crippen molar-refractivity contribution in [3.05, 3.63) is 29.8 Å². The van der Waals surface area contributed by atoms with Crippen LogP contribution in [0.15, 0.2) is 34.7 Å². The van der Waals surface area contributed by atoms with E-state index in [-0.39, 0.29) is 35.1 Å². The molecule has 1 fully saturated rings. The molecular weight excluding hydrogens is 380 g/mol. The summed E-state index contributed by atoms with van der Waals surface area (Å²) >= 11 is 0. The molecule has 2 rings (SSSR count). The van der Waals surface area contributed by atoms with Gasteiger partial charge in [-0.1, -0.05) is 26.3 Å². The number of ether oxygens (including phenoxy) is 2. The number of hydrogen-bond acceptors (Lipinski definition) is 5. The molecule has 1 saturated heterocycles. The quantitative estimate of drug-likeness (QED) is 0.697. The van der Waals surface area contributed by atoms with Gasteiger partial charge in [-0.25, -0.2) is 8.42 Å². The first kappa shape index (κ1) is 22.2. The molecule has 8 heteroatoms. The SMILES string of the molecule is COc1ccc(OC)c(S(=O)(=O)N2CCN(C(=O)C=C(C)C(C)(C)C)CC2)c1. The molecule has 1 heterocycles. The van der Waals surface area contributed by atoms with Crippen molar-refractivity contribution in [2.24, 2.45) is 5.41 Å². The molecule has 1 aromatic rings. The van der Waals surface area contributed by atoms with Crippen molar-refractivity contribution >= 4 is 15.9 Å². The molecule has 28 heavy (non-hydrogen) atoms. The number of nitrogens with zero attached hydrogens (tertiary/aromatic N) is 2. The zero-order valence-corrected chi connectivity index (χ0v) is 18.3. The van der Waals surface area contributed by atoms with Gasteiger partial charge in [0.1, 0.15) is 16.4 Å². The molecule has 0 saturated carbocycles. The Bertz CT molecular complexity index is 848. The predicted molar refractivity (Wildman–Crippen MR) is 108 cm³/mol. The van der Waals surface area contributed by atoms with Crippen LogP contribution in [0.1, 0.15) is 27.7 Å². The second-order valence-corrected chi connectivity index (χ2v) is 9.73. The summed E-state index contributed by atoms with van der Waals surface area (Å²) in [7, 11) is -0.844. The number of piperazine rings is 1. The van der Waals surface area contributed by atoms with Crippen molar-refractivity contribution in [2.45, 2.75) is 32.6 Å². The van der Waals surface area contributed by atoms with Crippen LogP contribution in [0.4, 0.5) is 0 Å². The highest BCUT2D eigenvalue weighted by Gasteiger charge is 2.32. The molecule has 0 aliphatic carbocycles. The zero-order chi connectivity index (χ0) is 21.1. The van der Waals surface area contributed by atoms with E-state index in [9.17, 15) is 13.2 Å². The largest absolute Gasteiger partial charge is 0.497 e. The molecular formula is C20H30N2O5S. The van der Waals surface area contributed by atoms with Gasteiger partial charge in [-0.15, -0.1) is 0 Å². The number of benzene rings is 1. The number of sulfonamides is 1. The second-order valence-electron chi connectivity index (χ2n) is 7.82. The number of carbonyl (C=O) groups excluding carboxylic acids is 1. The lowest BCUT2D eigenvalue weighted by atomic mass is 9.87. The summed E-state index contributed by atoms with van der Waals surface area (Å²) in [6.45, 7) is 9.26. The van der Waals surface area contributed by atoms with Crippen molar-refractivity contribution in [2.75, 3.05) is 40.4 Å². The normalized spacial score (nSPS) is 16.8. The first-order chi connectivity index (χ1) is 13.0. The molecule has 0 bridgehead atoms. The van der Waals surface area contributed by atoms with Gasteiger partial charge in [-0.2, -0.15) is 4.31 Å². The van der Waals surface area contributed by atoms with Crippen molar-refractivity contribution in [1.82, 2.24) is 9.21 Å². The molecule has 1 amide bonds. The fraction of sp³-hybridized carbons (Fsp3) is 0.550. The first-order valence-electron chi connectivity index (χ1n) is 9.20. The van der Waals surface area contributed by atoms with E-state index >= 15 is 0 Å². The number of rotatable bonds is 5. The Labute approximate surface area is 168 Å². The van der Waals surface area contributed by atoms with Crippen molar-refractivity contribution < 1.29 is 22.7 Å². The van der Waals surface area contributed by atoms with E-state index < -0.39 is 10.0 Å². The van der Waals surface area contributed by atoms with Crippen LogP contribution in [0.2, 0.25) is 0 Å². The second kappa shape index (κ2) is 8.53. The Morgan fingerprint density at radius 3 is 2.18 bits per heavy atom. The molecule has 0 N–H and O–H groups in total. The molecule has 0 aromatic heterocycles. The smallest absolute Gasteiger partial charge is 0.247 e. The van der Waals surface area contributed by atoms with Gasteiger partial charge in [0.25, 0.3) is 0 Å². The molecule has 1 aromatic carbocycles. The summed E-state index contributed by atoms with van der Waals surface area (Å²) in [4.78, 5) is 14.3. The minimum atomic E-state index is -3.76. The number of hydrogen-bond donors (Lipinski definition) is 0. The molecule has 1 aliphatic rings. The van der Waals surface area contributed by atoms with Crippen LogP contribution in [0, 0.1) is 5.41 Å². The molecule has 0 radical (unpaired) electrons. The van der Waals surface area contributed by atoms with Crippen molar-refractivity contribution in [1.29, 1.82) is 0 Å². The van der Waals surface area contributed by atoms with E-state index in [1.54, 1.807) is 23.1 Å². The Balaban J connectivity index is 2.16. The van der Waals surface area contributed by atoms with Gasteiger partial charge in [-0.3, -0.25) is 4.79 Å². The average Bonchev–Trinajstić information content (AvgIpc) is 2.66. The maximum Gasteiger partial charge on any atom is 0.247 e. The molecule has 0 atom stereocenters. The standard InChI is InChI=1S/C20H30N2O5S/c1-15(20(2,3)4)13-19(23)21-9-11-22(12-10-21)28(24,25)18-14-16(26-5)7-8-17(18)27-6/h7-8,13-14H,9-12H2,1-6H3. The third-order valence-corrected chi connectivity index (χ3v) is 6.98. The summed E-state index contributed by atoms with van der Waals surface area (Å²) < 4.78 is 38.0. The van der Waals surface area contributed by atoms with Gasteiger partial charge >= 0.3 is 0 Å². The Kier molecular flexibility index (Phi) is 6.77. The number of allylic oxidation sites excluding steroid dienone is 1. The first-order valence-corrected chi connectivity index (χ1v) is 10.6. The zero-order valence-electron chi connectivity index (χ0n) is 17.5. The average molecular weight is 411 g/mol. The van der Waals surface area contributed by atoms with E-state index in [4.69, 9.17) is 9.47 Å². The number of amides is 1. The monoisotopic (exact) mass is 410 g/mol. The van der Waals surface area contributed by atoms with Gasteiger partial charge in [0.05, 0.1) is 14.2 Å².